The van der Waals surface area contributed by atoms with Crippen molar-refractivity contribution in [3.8, 4) is 0 Å². The minimum Gasteiger partial charge on any atom is -0.388 e. The Bertz CT molecular complexity index is 150. The van der Waals surface area contributed by atoms with Crippen molar-refractivity contribution >= 4 is 0 Å². The van der Waals surface area contributed by atoms with Crippen molar-refractivity contribution in [1.29, 1.82) is 0 Å². The normalized spacial score (nSPS) is 49.2. The zero-order valence-electron chi connectivity index (χ0n) is 6.37. The van der Waals surface area contributed by atoms with Gasteiger partial charge in [0.05, 0.1) is 0 Å². The molecule has 1 saturated heterocycles. The van der Waals surface area contributed by atoms with E-state index >= 15 is 0 Å². The number of rotatable bonds is 1. The second-order valence-electron chi connectivity index (χ2n) is 2.77. The van der Waals surface area contributed by atoms with Crippen molar-refractivity contribution in [2.24, 2.45) is 5.73 Å². The molecule has 12 heavy (non-hydrogen) atoms. The minimum absolute atomic E-state index is 0.0258. The molecule has 1 heterocycles. The smallest absolute Gasteiger partial charge is 0.184 e. The Labute approximate surface area is 69.2 Å². The van der Waals surface area contributed by atoms with Crippen LogP contribution in [0.1, 0.15) is 0 Å². The number of aliphatic hydroxyl groups excluding tert-OH is 4. The van der Waals surface area contributed by atoms with E-state index in [9.17, 15) is 5.11 Å². The molecule has 6 heteroatoms. The summed E-state index contributed by atoms with van der Waals surface area (Å²) in [6, 6.07) is 0. The first kappa shape index (κ1) is 9.85. The van der Waals surface area contributed by atoms with E-state index in [0.717, 1.165) is 0 Å². The molecule has 0 aromatic carbocycles. The predicted molar refractivity (Wildman–Crippen MR) is 38.0 cm³/mol. The van der Waals surface area contributed by atoms with E-state index in [-0.39, 0.29) is 6.54 Å². The van der Waals surface area contributed by atoms with Crippen LogP contribution >= 0.6 is 0 Å². The Hall–Kier alpha value is -0.240. The summed E-state index contributed by atoms with van der Waals surface area (Å²) in [7, 11) is 0. The standard InChI is InChI=1S/C6H13NO5/c7-1-2-3(8)4(9)5(10)6(11)12-2/h2-6,8-11H,1,7H2. The highest BCUT2D eigenvalue weighted by Crippen LogP contribution is 2.18. The summed E-state index contributed by atoms with van der Waals surface area (Å²) in [4.78, 5) is 0. The molecule has 6 nitrogen and oxygen atoms in total. The van der Waals surface area contributed by atoms with E-state index in [2.05, 4.69) is 0 Å². The van der Waals surface area contributed by atoms with E-state index in [4.69, 9.17) is 25.8 Å². The number of hydrogen-bond donors (Lipinski definition) is 5. The quantitative estimate of drug-likeness (QED) is 0.288. The first-order valence-electron chi connectivity index (χ1n) is 3.65. The Morgan fingerprint density at radius 1 is 1.00 bits per heavy atom. The van der Waals surface area contributed by atoms with Gasteiger partial charge >= 0.3 is 0 Å². The second-order valence-corrected chi connectivity index (χ2v) is 2.77. The molecule has 5 atom stereocenters. The number of ether oxygens (including phenoxy) is 1. The summed E-state index contributed by atoms with van der Waals surface area (Å²) in [5, 5.41) is 36.3. The highest BCUT2D eigenvalue weighted by molar-refractivity contribution is 4.88. The highest BCUT2D eigenvalue weighted by atomic mass is 16.6. The lowest BCUT2D eigenvalue weighted by molar-refractivity contribution is -0.279. The highest BCUT2D eigenvalue weighted by Gasteiger charge is 2.42. The summed E-state index contributed by atoms with van der Waals surface area (Å²) in [6.45, 7) is -0.0258. The fraction of sp³-hybridized carbons (Fsp3) is 1.00. The van der Waals surface area contributed by atoms with E-state index in [1.54, 1.807) is 0 Å². The molecule has 0 aliphatic carbocycles. The lowest BCUT2D eigenvalue weighted by Gasteiger charge is -2.37. The summed E-state index contributed by atoms with van der Waals surface area (Å²) in [6.07, 6.45) is -6.48. The average molecular weight is 179 g/mol. The molecular formula is C6H13NO5. The van der Waals surface area contributed by atoms with Gasteiger partial charge in [-0.05, 0) is 0 Å². The lowest BCUT2D eigenvalue weighted by atomic mass is 9.99. The molecule has 72 valence electrons. The molecule has 1 rings (SSSR count). The van der Waals surface area contributed by atoms with Crippen molar-refractivity contribution in [3.05, 3.63) is 0 Å². The van der Waals surface area contributed by atoms with Crippen LogP contribution in [0.4, 0.5) is 0 Å². The minimum atomic E-state index is -1.49. The van der Waals surface area contributed by atoms with Gasteiger partial charge in [0.2, 0.25) is 0 Å². The van der Waals surface area contributed by atoms with Crippen LogP contribution in [0.2, 0.25) is 0 Å². The van der Waals surface area contributed by atoms with E-state index < -0.39 is 30.7 Å². The maximum atomic E-state index is 9.20. The predicted octanol–water partition coefficient (Wildman–Crippen LogP) is -3.25. The molecule has 0 saturated carbocycles. The van der Waals surface area contributed by atoms with Crippen molar-refractivity contribution < 1.29 is 25.2 Å². The van der Waals surface area contributed by atoms with E-state index in [1.165, 1.54) is 0 Å². The summed E-state index contributed by atoms with van der Waals surface area (Å²) >= 11 is 0. The fourth-order valence-electron chi connectivity index (χ4n) is 1.13. The SMILES string of the molecule is NCC1OC(O)C(O)C(O)C1O. The van der Waals surface area contributed by atoms with Gasteiger partial charge in [-0.3, -0.25) is 0 Å². The number of hydrogen-bond acceptors (Lipinski definition) is 6. The van der Waals surface area contributed by atoms with Gasteiger partial charge in [0.1, 0.15) is 24.4 Å². The first-order chi connectivity index (χ1) is 5.57. The van der Waals surface area contributed by atoms with Gasteiger partial charge in [-0.2, -0.15) is 0 Å². The third-order valence-electron chi connectivity index (χ3n) is 1.92. The Morgan fingerprint density at radius 3 is 2.08 bits per heavy atom. The summed E-state index contributed by atoms with van der Waals surface area (Å²) in [5.74, 6) is 0. The zero-order chi connectivity index (χ0) is 9.30. The molecular weight excluding hydrogens is 166 g/mol. The van der Waals surface area contributed by atoms with Gasteiger partial charge in [-0.1, -0.05) is 0 Å². The largest absolute Gasteiger partial charge is 0.388 e. The summed E-state index contributed by atoms with van der Waals surface area (Å²) < 4.78 is 4.70. The molecule has 1 fully saturated rings. The van der Waals surface area contributed by atoms with Gasteiger partial charge in [-0.15, -0.1) is 0 Å². The Balaban J connectivity index is 2.63. The molecule has 0 aromatic rings. The molecule has 6 N–H and O–H groups in total. The van der Waals surface area contributed by atoms with Gasteiger partial charge < -0.3 is 30.9 Å². The second kappa shape index (κ2) is 3.65. The topological polar surface area (TPSA) is 116 Å². The third kappa shape index (κ3) is 1.58. The van der Waals surface area contributed by atoms with Crippen LogP contribution in [0.5, 0.6) is 0 Å². The monoisotopic (exact) mass is 179 g/mol. The Kier molecular flexibility index (Phi) is 2.99. The fourth-order valence-corrected chi connectivity index (χ4v) is 1.13. The van der Waals surface area contributed by atoms with Crippen LogP contribution in [0.15, 0.2) is 0 Å². The van der Waals surface area contributed by atoms with Crippen LogP contribution in [0.25, 0.3) is 0 Å². The van der Waals surface area contributed by atoms with Gasteiger partial charge in [-0.25, -0.2) is 0 Å². The molecule has 1 aliphatic rings. The average Bonchev–Trinajstić information content (AvgIpc) is 2.08. The van der Waals surface area contributed by atoms with Crippen LogP contribution in [-0.2, 0) is 4.74 Å². The zero-order valence-corrected chi connectivity index (χ0v) is 6.37. The Morgan fingerprint density at radius 2 is 1.58 bits per heavy atom. The molecule has 0 amide bonds. The molecule has 1 aliphatic heterocycles. The van der Waals surface area contributed by atoms with Crippen LogP contribution < -0.4 is 5.73 Å². The van der Waals surface area contributed by atoms with Gasteiger partial charge in [0.25, 0.3) is 0 Å². The molecule has 0 spiro atoms. The molecule has 0 radical (unpaired) electrons. The number of aliphatic hydroxyl groups is 4. The molecule has 5 unspecified atom stereocenters. The van der Waals surface area contributed by atoms with E-state index in [0.29, 0.717) is 0 Å². The van der Waals surface area contributed by atoms with Crippen molar-refractivity contribution in [3.63, 3.8) is 0 Å². The maximum Gasteiger partial charge on any atom is 0.184 e. The van der Waals surface area contributed by atoms with Gasteiger partial charge in [0.15, 0.2) is 6.29 Å². The summed E-state index contributed by atoms with van der Waals surface area (Å²) in [5.41, 5.74) is 5.17. The van der Waals surface area contributed by atoms with Crippen molar-refractivity contribution in [2.45, 2.75) is 30.7 Å². The first-order valence-corrected chi connectivity index (χ1v) is 3.65. The van der Waals surface area contributed by atoms with Crippen molar-refractivity contribution in [2.75, 3.05) is 6.54 Å². The third-order valence-corrected chi connectivity index (χ3v) is 1.92. The number of nitrogens with two attached hydrogens (primary N) is 1. The van der Waals surface area contributed by atoms with Crippen LogP contribution in [0.3, 0.4) is 0 Å². The maximum absolute atomic E-state index is 9.20. The van der Waals surface area contributed by atoms with Crippen LogP contribution in [-0.4, -0.2) is 57.7 Å². The lowest BCUT2D eigenvalue weighted by Crippen LogP contribution is -2.59. The van der Waals surface area contributed by atoms with Crippen molar-refractivity contribution in [1.82, 2.24) is 0 Å². The molecule has 0 aromatic heterocycles. The van der Waals surface area contributed by atoms with E-state index in [1.807, 2.05) is 0 Å². The van der Waals surface area contributed by atoms with Crippen LogP contribution in [0, 0.1) is 0 Å². The molecule has 0 bridgehead atoms. The van der Waals surface area contributed by atoms with Gasteiger partial charge in [0, 0.05) is 6.54 Å².